The van der Waals surface area contributed by atoms with Gasteiger partial charge in [-0.1, -0.05) is 13.8 Å². The van der Waals surface area contributed by atoms with Crippen molar-refractivity contribution < 1.29 is 0 Å². The normalized spacial score (nSPS) is 13.3. The third-order valence-corrected chi connectivity index (χ3v) is 2.85. The Hall–Kier alpha value is -0.870. The van der Waals surface area contributed by atoms with Crippen LogP contribution >= 0.6 is 0 Å². The highest BCUT2D eigenvalue weighted by Crippen LogP contribution is 2.01. The molecule has 92 valence electrons. The smallest absolute Gasteiger partial charge is 0.122 e. The van der Waals surface area contributed by atoms with Gasteiger partial charge in [0, 0.05) is 32.0 Å². The van der Waals surface area contributed by atoms with E-state index in [-0.39, 0.29) is 0 Å². The Kier molecular flexibility index (Phi) is 5.49. The fraction of sp³-hybridized carbons (Fsp3) is 0.750. The van der Waals surface area contributed by atoms with E-state index in [1.165, 1.54) is 6.42 Å². The topological polar surface area (TPSA) is 33.1 Å². The molecule has 1 atom stereocenters. The van der Waals surface area contributed by atoms with Crippen molar-refractivity contribution in [1.29, 1.82) is 0 Å². The van der Waals surface area contributed by atoms with Gasteiger partial charge in [-0.15, -0.1) is 0 Å². The summed E-state index contributed by atoms with van der Waals surface area (Å²) in [5.41, 5.74) is 0. The summed E-state index contributed by atoms with van der Waals surface area (Å²) in [7, 11) is 4.19. The fourth-order valence-corrected chi connectivity index (χ4v) is 1.86. The van der Waals surface area contributed by atoms with E-state index in [2.05, 4.69) is 40.7 Å². The molecule has 0 aliphatic heterocycles. The summed E-state index contributed by atoms with van der Waals surface area (Å²) >= 11 is 0. The third-order valence-electron chi connectivity index (χ3n) is 2.85. The van der Waals surface area contributed by atoms with E-state index in [1.54, 1.807) is 0 Å². The highest BCUT2D eigenvalue weighted by molar-refractivity contribution is 4.90. The number of hydrogen-bond acceptors (Lipinski definition) is 3. The van der Waals surface area contributed by atoms with Gasteiger partial charge in [-0.05, 0) is 20.0 Å². The Morgan fingerprint density at radius 1 is 1.50 bits per heavy atom. The minimum absolute atomic E-state index is 0.579. The van der Waals surface area contributed by atoms with Crippen molar-refractivity contribution in [2.24, 2.45) is 7.05 Å². The molecule has 1 aromatic heterocycles. The van der Waals surface area contributed by atoms with Crippen molar-refractivity contribution in [1.82, 2.24) is 19.8 Å². The molecule has 4 nitrogen and oxygen atoms in total. The molecule has 0 spiro atoms. The molecule has 1 N–H and O–H groups in total. The van der Waals surface area contributed by atoms with Crippen molar-refractivity contribution in [3.63, 3.8) is 0 Å². The third kappa shape index (κ3) is 3.94. The zero-order chi connectivity index (χ0) is 12.0. The molecule has 0 saturated heterocycles. The zero-order valence-corrected chi connectivity index (χ0v) is 10.9. The van der Waals surface area contributed by atoms with Crippen LogP contribution in [0.5, 0.6) is 0 Å². The number of rotatable bonds is 7. The lowest BCUT2D eigenvalue weighted by molar-refractivity contribution is 0.271. The summed E-state index contributed by atoms with van der Waals surface area (Å²) in [6.07, 6.45) is 5.01. The second kappa shape index (κ2) is 6.66. The number of nitrogens with one attached hydrogen (secondary N) is 1. The van der Waals surface area contributed by atoms with Crippen molar-refractivity contribution >= 4 is 0 Å². The Labute approximate surface area is 98.7 Å². The molecule has 1 aromatic rings. The van der Waals surface area contributed by atoms with Crippen LogP contribution in [0.1, 0.15) is 26.1 Å². The van der Waals surface area contributed by atoms with Gasteiger partial charge in [-0.2, -0.15) is 0 Å². The SMILES string of the molecule is CCNC(CC)CN(C)Cc1nccn1C. The minimum Gasteiger partial charge on any atom is -0.337 e. The molecule has 0 aromatic carbocycles. The van der Waals surface area contributed by atoms with Crippen LogP contribution in [0.15, 0.2) is 12.4 Å². The Morgan fingerprint density at radius 3 is 2.75 bits per heavy atom. The minimum atomic E-state index is 0.579. The molecular weight excluding hydrogens is 200 g/mol. The second-order valence-electron chi connectivity index (χ2n) is 4.31. The largest absolute Gasteiger partial charge is 0.337 e. The van der Waals surface area contributed by atoms with Crippen LogP contribution in [0.2, 0.25) is 0 Å². The van der Waals surface area contributed by atoms with E-state index in [0.717, 1.165) is 25.5 Å². The average molecular weight is 224 g/mol. The maximum Gasteiger partial charge on any atom is 0.122 e. The molecule has 1 heterocycles. The number of nitrogens with zero attached hydrogens (tertiary/aromatic N) is 3. The molecule has 0 aliphatic rings. The highest BCUT2D eigenvalue weighted by atomic mass is 15.2. The lowest BCUT2D eigenvalue weighted by Gasteiger charge is -2.23. The van der Waals surface area contributed by atoms with Gasteiger partial charge in [0.2, 0.25) is 0 Å². The molecule has 1 rings (SSSR count). The van der Waals surface area contributed by atoms with E-state index >= 15 is 0 Å². The first kappa shape index (κ1) is 13.2. The molecule has 4 heteroatoms. The van der Waals surface area contributed by atoms with Crippen LogP contribution in [0.4, 0.5) is 0 Å². The van der Waals surface area contributed by atoms with Gasteiger partial charge in [0.15, 0.2) is 0 Å². The molecule has 16 heavy (non-hydrogen) atoms. The lowest BCUT2D eigenvalue weighted by Crippen LogP contribution is -2.39. The zero-order valence-electron chi connectivity index (χ0n) is 10.9. The highest BCUT2D eigenvalue weighted by Gasteiger charge is 2.10. The Bertz CT molecular complexity index is 295. The van der Waals surface area contributed by atoms with Crippen molar-refractivity contribution in [2.75, 3.05) is 20.1 Å². The summed E-state index contributed by atoms with van der Waals surface area (Å²) < 4.78 is 2.07. The van der Waals surface area contributed by atoms with Crippen molar-refractivity contribution in [2.45, 2.75) is 32.9 Å². The number of aromatic nitrogens is 2. The summed E-state index contributed by atoms with van der Waals surface area (Å²) in [5.74, 6) is 1.12. The molecule has 0 aliphatic carbocycles. The summed E-state index contributed by atoms with van der Waals surface area (Å²) in [5, 5.41) is 3.49. The van der Waals surface area contributed by atoms with Gasteiger partial charge in [0.05, 0.1) is 6.54 Å². The first-order valence-electron chi connectivity index (χ1n) is 6.05. The monoisotopic (exact) mass is 224 g/mol. The van der Waals surface area contributed by atoms with E-state index in [4.69, 9.17) is 0 Å². The van der Waals surface area contributed by atoms with Gasteiger partial charge < -0.3 is 9.88 Å². The van der Waals surface area contributed by atoms with Crippen LogP contribution in [-0.4, -0.2) is 40.6 Å². The van der Waals surface area contributed by atoms with Crippen LogP contribution in [0.25, 0.3) is 0 Å². The van der Waals surface area contributed by atoms with E-state index in [0.29, 0.717) is 6.04 Å². The van der Waals surface area contributed by atoms with Crippen LogP contribution in [0, 0.1) is 0 Å². The van der Waals surface area contributed by atoms with Gasteiger partial charge in [-0.25, -0.2) is 4.98 Å². The van der Waals surface area contributed by atoms with Crippen LogP contribution in [-0.2, 0) is 13.6 Å². The van der Waals surface area contributed by atoms with E-state index in [1.807, 2.05) is 19.4 Å². The predicted molar refractivity (Wildman–Crippen MR) is 67.3 cm³/mol. The van der Waals surface area contributed by atoms with Gasteiger partial charge >= 0.3 is 0 Å². The van der Waals surface area contributed by atoms with Crippen molar-refractivity contribution in [3.8, 4) is 0 Å². The first-order valence-corrected chi connectivity index (χ1v) is 6.05. The molecule has 0 amide bonds. The van der Waals surface area contributed by atoms with Crippen LogP contribution < -0.4 is 5.32 Å². The molecule has 0 saturated carbocycles. The fourth-order valence-electron chi connectivity index (χ4n) is 1.86. The summed E-state index contributed by atoms with van der Waals surface area (Å²) in [4.78, 5) is 6.65. The number of aryl methyl sites for hydroxylation is 1. The summed E-state index contributed by atoms with van der Waals surface area (Å²) in [6, 6.07) is 0.579. The molecule has 0 bridgehead atoms. The maximum atomic E-state index is 4.34. The van der Waals surface area contributed by atoms with Gasteiger partial charge in [0.25, 0.3) is 0 Å². The number of imidazole rings is 1. The quantitative estimate of drug-likeness (QED) is 0.756. The molecular formula is C12H24N4. The first-order chi connectivity index (χ1) is 7.67. The Balaban J connectivity index is 2.40. The molecule has 0 fully saturated rings. The van der Waals surface area contributed by atoms with Crippen molar-refractivity contribution in [3.05, 3.63) is 18.2 Å². The molecule has 1 unspecified atom stereocenters. The summed E-state index contributed by atoms with van der Waals surface area (Å²) in [6.45, 7) is 7.39. The second-order valence-corrected chi connectivity index (χ2v) is 4.31. The average Bonchev–Trinajstić information content (AvgIpc) is 2.64. The number of likely N-dealkylation sites (N-methyl/N-ethyl adjacent to an activating group) is 2. The molecule has 0 radical (unpaired) electrons. The lowest BCUT2D eigenvalue weighted by atomic mass is 10.2. The standard InChI is InChI=1S/C12H24N4/c1-5-11(13-6-2)9-15(3)10-12-14-7-8-16(12)4/h7-8,11,13H,5-6,9-10H2,1-4H3. The Morgan fingerprint density at radius 2 is 2.25 bits per heavy atom. The van der Waals surface area contributed by atoms with Gasteiger partial charge in [0.1, 0.15) is 5.82 Å². The van der Waals surface area contributed by atoms with E-state index < -0.39 is 0 Å². The maximum absolute atomic E-state index is 4.34. The van der Waals surface area contributed by atoms with E-state index in [9.17, 15) is 0 Å². The van der Waals surface area contributed by atoms with Gasteiger partial charge in [-0.3, -0.25) is 4.90 Å². The predicted octanol–water partition coefficient (Wildman–Crippen LogP) is 1.24. The number of hydrogen-bond donors (Lipinski definition) is 1. The van der Waals surface area contributed by atoms with Crippen LogP contribution in [0.3, 0.4) is 0 Å².